The standard InChI is InChI=1S/C20H19ClN2O3/c1-20(2,3)14-8-6-13(7-9-14)17-11-15(26-23-17)12-25-19(24)16-5-4-10-22-18(16)21/h4-11H,12H2,1-3H3. The van der Waals surface area contributed by atoms with Crippen molar-refractivity contribution in [2.45, 2.75) is 32.8 Å². The predicted octanol–water partition coefficient (Wildman–Crippen LogP) is 5.04. The van der Waals surface area contributed by atoms with Gasteiger partial charge in [-0.1, -0.05) is 61.8 Å². The summed E-state index contributed by atoms with van der Waals surface area (Å²) in [7, 11) is 0. The third kappa shape index (κ3) is 4.11. The summed E-state index contributed by atoms with van der Waals surface area (Å²) in [5.41, 5.74) is 3.18. The predicted molar refractivity (Wildman–Crippen MR) is 99.0 cm³/mol. The van der Waals surface area contributed by atoms with Crippen molar-refractivity contribution >= 4 is 17.6 Å². The van der Waals surface area contributed by atoms with Crippen molar-refractivity contribution in [1.82, 2.24) is 10.1 Å². The average Bonchev–Trinajstić information content (AvgIpc) is 3.08. The van der Waals surface area contributed by atoms with E-state index in [0.717, 1.165) is 5.56 Å². The molecule has 0 radical (unpaired) electrons. The molecular formula is C20H19ClN2O3. The molecule has 0 atom stereocenters. The molecule has 0 spiro atoms. The molecule has 0 aliphatic carbocycles. The average molecular weight is 371 g/mol. The van der Waals surface area contributed by atoms with Crippen LogP contribution in [0.15, 0.2) is 53.2 Å². The SMILES string of the molecule is CC(C)(C)c1ccc(-c2cc(COC(=O)c3cccnc3Cl)on2)cc1. The molecule has 2 heterocycles. The molecule has 0 N–H and O–H groups in total. The van der Waals surface area contributed by atoms with Gasteiger partial charge in [0.2, 0.25) is 0 Å². The van der Waals surface area contributed by atoms with E-state index in [9.17, 15) is 4.79 Å². The van der Waals surface area contributed by atoms with Crippen LogP contribution in [0.3, 0.4) is 0 Å². The molecule has 2 aromatic heterocycles. The topological polar surface area (TPSA) is 65.2 Å². The minimum absolute atomic E-state index is 0.0306. The zero-order valence-electron chi connectivity index (χ0n) is 14.8. The number of pyridine rings is 1. The van der Waals surface area contributed by atoms with Crippen LogP contribution < -0.4 is 0 Å². The van der Waals surface area contributed by atoms with Crippen molar-refractivity contribution in [2.75, 3.05) is 0 Å². The molecule has 0 unspecified atom stereocenters. The van der Waals surface area contributed by atoms with E-state index in [0.29, 0.717) is 11.5 Å². The molecule has 0 saturated heterocycles. The lowest BCUT2D eigenvalue weighted by molar-refractivity contribution is 0.0437. The van der Waals surface area contributed by atoms with Crippen molar-refractivity contribution in [3.05, 3.63) is 70.7 Å². The number of carbonyl (C=O) groups is 1. The fraction of sp³-hybridized carbons (Fsp3) is 0.250. The number of nitrogens with zero attached hydrogens (tertiary/aromatic N) is 2. The quantitative estimate of drug-likeness (QED) is 0.475. The number of esters is 1. The molecule has 5 nitrogen and oxygen atoms in total. The lowest BCUT2D eigenvalue weighted by atomic mass is 9.86. The van der Waals surface area contributed by atoms with Gasteiger partial charge in [0.15, 0.2) is 12.4 Å². The van der Waals surface area contributed by atoms with Crippen LogP contribution in [0.25, 0.3) is 11.3 Å². The van der Waals surface area contributed by atoms with Crippen molar-refractivity contribution < 1.29 is 14.1 Å². The lowest BCUT2D eigenvalue weighted by Gasteiger charge is -2.18. The monoisotopic (exact) mass is 370 g/mol. The third-order valence-corrected chi connectivity index (χ3v) is 4.23. The van der Waals surface area contributed by atoms with Gasteiger partial charge in [-0.05, 0) is 23.1 Å². The highest BCUT2D eigenvalue weighted by molar-refractivity contribution is 6.32. The van der Waals surface area contributed by atoms with E-state index in [4.69, 9.17) is 20.9 Å². The van der Waals surface area contributed by atoms with Crippen LogP contribution in [0.2, 0.25) is 5.15 Å². The zero-order valence-corrected chi connectivity index (χ0v) is 15.6. The Hall–Kier alpha value is -2.66. The van der Waals surface area contributed by atoms with Gasteiger partial charge in [0.25, 0.3) is 0 Å². The molecule has 1 aromatic carbocycles. The number of benzene rings is 1. The normalized spacial score (nSPS) is 11.4. The molecule has 0 fully saturated rings. The smallest absolute Gasteiger partial charge is 0.341 e. The summed E-state index contributed by atoms with van der Waals surface area (Å²) >= 11 is 5.88. The molecule has 3 aromatic rings. The maximum atomic E-state index is 12.0. The summed E-state index contributed by atoms with van der Waals surface area (Å²) in [6, 6.07) is 13.1. The molecule has 0 amide bonds. The van der Waals surface area contributed by atoms with Crippen molar-refractivity contribution in [3.63, 3.8) is 0 Å². The number of hydrogen-bond acceptors (Lipinski definition) is 5. The second kappa shape index (κ2) is 7.30. The van der Waals surface area contributed by atoms with Gasteiger partial charge >= 0.3 is 5.97 Å². The molecule has 3 rings (SSSR count). The Morgan fingerprint density at radius 1 is 1.19 bits per heavy atom. The van der Waals surface area contributed by atoms with E-state index >= 15 is 0 Å². The Morgan fingerprint density at radius 3 is 2.58 bits per heavy atom. The van der Waals surface area contributed by atoms with Crippen LogP contribution in [-0.2, 0) is 16.8 Å². The first-order valence-electron chi connectivity index (χ1n) is 8.19. The van der Waals surface area contributed by atoms with Crippen LogP contribution in [0, 0.1) is 0 Å². The van der Waals surface area contributed by atoms with E-state index in [1.165, 1.54) is 11.8 Å². The van der Waals surface area contributed by atoms with Gasteiger partial charge in [-0.15, -0.1) is 0 Å². The van der Waals surface area contributed by atoms with Crippen molar-refractivity contribution in [1.29, 1.82) is 0 Å². The van der Waals surface area contributed by atoms with Crippen LogP contribution in [0.5, 0.6) is 0 Å². The maximum absolute atomic E-state index is 12.0. The van der Waals surface area contributed by atoms with Crippen molar-refractivity contribution in [3.8, 4) is 11.3 Å². The number of carbonyl (C=O) groups excluding carboxylic acids is 1. The van der Waals surface area contributed by atoms with Crippen LogP contribution in [0.4, 0.5) is 0 Å². The van der Waals surface area contributed by atoms with Gasteiger partial charge in [0.1, 0.15) is 10.8 Å². The number of ether oxygens (including phenoxy) is 1. The van der Waals surface area contributed by atoms with Crippen LogP contribution in [0.1, 0.15) is 42.5 Å². The Labute approximate surface area is 156 Å². The first kappa shape index (κ1) is 18.1. The second-order valence-electron chi connectivity index (χ2n) is 6.92. The Kier molecular flexibility index (Phi) is 5.09. The Balaban J connectivity index is 1.67. The highest BCUT2D eigenvalue weighted by Crippen LogP contribution is 2.26. The van der Waals surface area contributed by atoms with E-state index in [1.54, 1.807) is 18.2 Å². The van der Waals surface area contributed by atoms with Crippen molar-refractivity contribution in [2.24, 2.45) is 0 Å². The summed E-state index contributed by atoms with van der Waals surface area (Å²) in [4.78, 5) is 15.9. The Bertz CT molecular complexity index is 911. The molecule has 6 heteroatoms. The number of rotatable bonds is 4. The summed E-state index contributed by atoms with van der Waals surface area (Å²) in [5, 5.41) is 4.15. The molecule has 0 saturated carbocycles. The molecule has 0 aliphatic rings. The fourth-order valence-corrected chi connectivity index (χ4v) is 2.61. The second-order valence-corrected chi connectivity index (χ2v) is 7.28. The molecule has 26 heavy (non-hydrogen) atoms. The number of aromatic nitrogens is 2. The fourth-order valence-electron chi connectivity index (χ4n) is 2.41. The largest absolute Gasteiger partial charge is 0.454 e. The summed E-state index contributed by atoms with van der Waals surface area (Å²) in [5.74, 6) is -0.108. The summed E-state index contributed by atoms with van der Waals surface area (Å²) < 4.78 is 10.5. The number of halogens is 1. The van der Waals surface area contributed by atoms with Crippen LogP contribution >= 0.6 is 11.6 Å². The highest BCUT2D eigenvalue weighted by atomic mass is 35.5. The van der Waals surface area contributed by atoms with Gasteiger partial charge in [-0.3, -0.25) is 0 Å². The minimum atomic E-state index is -0.560. The van der Waals surface area contributed by atoms with Gasteiger partial charge in [-0.2, -0.15) is 0 Å². The highest BCUT2D eigenvalue weighted by Gasteiger charge is 2.16. The molecule has 0 aliphatic heterocycles. The van der Waals surface area contributed by atoms with E-state index in [-0.39, 0.29) is 22.7 Å². The Morgan fingerprint density at radius 2 is 1.92 bits per heavy atom. The summed E-state index contributed by atoms with van der Waals surface area (Å²) in [6.45, 7) is 6.47. The van der Waals surface area contributed by atoms with Gasteiger partial charge in [-0.25, -0.2) is 9.78 Å². The minimum Gasteiger partial charge on any atom is -0.454 e. The first-order chi connectivity index (χ1) is 12.3. The first-order valence-corrected chi connectivity index (χ1v) is 8.56. The molecule has 134 valence electrons. The third-order valence-electron chi connectivity index (χ3n) is 3.93. The van der Waals surface area contributed by atoms with Gasteiger partial charge in [0, 0.05) is 17.8 Å². The van der Waals surface area contributed by atoms with E-state index in [1.807, 2.05) is 12.1 Å². The van der Waals surface area contributed by atoms with E-state index < -0.39 is 5.97 Å². The zero-order chi connectivity index (χ0) is 18.7. The lowest BCUT2D eigenvalue weighted by Crippen LogP contribution is -2.10. The summed E-state index contributed by atoms with van der Waals surface area (Å²) in [6.07, 6.45) is 1.51. The van der Waals surface area contributed by atoms with E-state index in [2.05, 4.69) is 43.0 Å². The van der Waals surface area contributed by atoms with Gasteiger partial charge in [0.05, 0.1) is 5.56 Å². The molecular weight excluding hydrogens is 352 g/mol. The van der Waals surface area contributed by atoms with Gasteiger partial charge < -0.3 is 9.26 Å². The maximum Gasteiger partial charge on any atom is 0.341 e. The van der Waals surface area contributed by atoms with Crippen LogP contribution in [-0.4, -0.2) is 16.1 Å². The number of hydrogen-bond donors (Lipinski definition) is 0. The molecule has 0 bridgehead atoms.